The molecule has 0 aliphatic rings. The van der Waals surface area contributed by atoms with Gasteiger partial charge < -0.3 is 5.32 Å². The number of carbonyl (C=O) groups is 1. The van der Waals surface area contributed by atoms with Gasteiger partial charge in [-0.05, 0) is 14.0 Å². The summed E-state index contributed by atoms with van der Waals surface area (Å²) in [4.78, 5) is 15.0. The molecule has 0 aliphatic carbocycles. The van der Waals surface area contributed by atoms with Crippen molar-refractivity contribution in [2.24, 2.45) is 0 Å². The number of anilines is 1. The van der Waals surface area contributed by atoms with Gasteiger partial charge in [0.1, 0.15) is 5.82 Å². The summed E-state index contributed by atoms with van der Waals surface area (Å²) >= 11 is 1.18. The molecular weight excluding hydrogens is 176 g/mol. The normalized spacial score (nSPS) is 9.83. The maximum Gasteiger partial charge on any atom is 0.240 e. The van der Waals surface area contributed by atoms with Crippen molar-refractivity contribution in [2.45, 2.75) is 6.92 Å². The van der Waals surface area contributed by atoms with Gasteiger partial charge in [-0.25, -0.2) is 4.98 Å². The van der Waals surface area contributed by atoms with Crippen LogP contribution in [-0.2, 0) is 4.79 Å². The molecular formula is C6H10N4OS. The molecule has 0 spiro atoms. The Labute approximate surface area is 74.4 Å². The number of nitrogens with zero attached hydrogens (tertiary/aromatic N) is 2. The van der Waals surface area contributed by atoms with Crippen molar-refractivity contribution in [1.82, 2.24) is 14.7 Å². The highest BCUT2D eigenvalue weighted by atomic mass is 32.1. The molecule has 1 aromatic heterocycles. The second kappa shape index (κ2) is 4.13. The lowest BCUT2D eigenvalue weighted by Gasteiger charge is -1.97. The van der Waals surface area contributed by atoms with E-state index in [0.717, 1.165) is 0 Å². The van der Waals surface area contributed by atoms with Gasteiger partial charge in [-0.1, -0.05) is 0 Å². The van der Waals surface area contributed by atoms with E-state index in [9.17, 15) is 4.79 Å². The molecule has 0 aromatic carbocycles. The molecule has 0 atom stereocenters. The average molecular weight is 186 g/mol. The minimum absolute atomic E-state index is 0.103. The summed E-state index contributed by atoms with van der Waals surface area (Å²) in [6.07, 6.45) is 0. The Bertz CT molecular complexity index is 272. The third kappa shape index (κ3) is 2.55. The van der Waals surface area contributed by atoms with E-state index in [0.29, 0.717) is 17.5 Å². The van der Waals surface area contributed by atoms with Gasteiger partial charge in [-0.15, -0.1) is 0 Å². The lowest BCUT2D eigenvalue weighted by molar-refractivity contribution is -0.115. The summed E-state index contributed by atoms with van der Waals surface area (Å²) in [5.74, 6) is 0.577. The second-order valence-electron chi connectivity index (χ2n) is 2.23. The number of aromatic nitrogens is 2. The van der Waals surface area contributed by atoms with Gasteiger partial charge in [-0.2, -0.15) is 4.37 Å². The van der Waals surface area contributed by atoms with E-state index in [2.05, 4.69) is 20.0 Å². The molecule has 12 heavy (non-hydrogen) atoms. The Morgan fingerprint density at radius 3 is 2.92 bits per heavy atom. The van der Waals surface area contributed by atoms with Crippen LogP contribution in [0, 0.1) is 6.92 Å². The molecule has 1 aromatic rings. The predicted molar refractivity (Wildman–Crippen MR) is 47.2 cm³/mol. The predicted octanol–water partition coefficient (Wildman–Crippen LogP) is 0.00442. The van der Waals surface area contributed by atoms with Crippen LogP contribution in [0.2, 0.25) is 0 Å². The van der Waals surface area contributed by atoms with Crippen LogP contribution < -0.4 is 10.6 Å². The number of rotatable bonds is 3. The first-order valence-electron chi connectivity index (χ1n) is 3.47. The van der Waals surface area contributed by atoms with Gasteiger partial charge in [0.05, 0.1) is 6.54 Å². The van der Waals surface area contributed by atoms with Gasteiger partial charge >= 0.3 is 0 Å². The van der Waals surface area contributed by atoms with Crippen LogP contribution in [0.4, 0.5) is 5.13 Å². The first-order valence-corrected chi connectivity index (χ1v) is 4.24. The Morgan fingerprint density at radius 1 is 1.67 bits per heavy atom. The van der Waals surface area contributed by atoms with E-state index < -0.39 is 0 Å². The Hall–Kier alpha value is -1.01. The number of amides is 1. The molecule has 1 rings (SSSR count). The van der Waals surface area contributed by atoms with Gasteiger partial charge in [0.2, 0.25) is 11.0 Å². The Morgan fingerprint density at radius 2 is 2.42 bits per heavy atom. The van der Waals surface area contributed by atoms with Crippen LogP contribution in [0.5, 0.6) is 0 Å². The van der Waals surface area contributed by atoms with E-state index in [1.807, 2.05) is 0 Å². The summed E-state index contributed by atoms with van der Waals surface area (Å²) < 4.78 is 3.93. The van der Waals surface area contributed by atoms with Crippen molar-refractivity contribution in [3.05, 3.63) is 5.82 Å². The zero-order valence-corrected chi connectivity index (χ0v) is 7.73. The lowest BCUT2D eigenvalue weighted by atomic mass is 10.6. The molecule has 5 nitrogen and oxygen atoms in total. The summed E-state index contributed by atoms with van der Waals surface area (Å²) in [6, 6.07) is 0. The molecule has 1 heterocycles. The molecule has 0 aliphatic heterocycles. The zero-order chi connectivity index (χ0) is 8.97. The molecule has 0 bridgehead atoms. The monoisotopic (exact) mass is 186 g/mol. The van der Waals surface area contributed by atoms with Crippen LogP contribution in [0.3, 0.4) is 0 Å². The third-order valence-electron chi connectivity index (χ3n) is 1.11. The first kappa shape index (κ1) is 9.08. The van der Waals surface area contributed by atoms with E-state index in [-0.39, 0.29) is 5.91 Å². The maximum absolute atomic E-state index is 11.0. The van der Waals surface area contributed by atoms with Gasteiger partial charge in [0.25, 0.3) is 0 Å². The van der Waals surface area contributed by atoms with Crippen LogP contribution in [0.1, 0.15) is 5.82 Å². The summed E-state index contributed by atoms with van der Waals surface area (Å²) in [7, 11) is 1.71. The van der Waals surface area contributed by atoms with Crippen molar-refractivity contribution in [3.8, 4) is 0 Å². The fraction of sp³-hybridized carbons (Fsp3) is 0.500. The highest BCUT2D eigenvalue weighted by Gasteiger charge is 2.03. The average Bonchev–Trinajstić information content (AvgIpc) is 2.36. The smallest absolute Gasteiger partial charge is 0.240 e. The van der Waals surface area contributed by atoms with Gasteiger partial charge in [0.15, 0.2) is 0 Å². The molecule has 6 heteroatoms. The molecule has 0 saturated heterocycles. The topological polar surface area (TPSA) is 66.9 Å². The van der Waals surface area contributed by atoms with Gasteiger partial charge in [0, 0.05) is 11.5 Å². The second-order valence-corrected chi connectivity index (χ2v) is 2.98. The van der Waals surface area contributed by atoms with Crippen molar-refractivity contribution in [3.63, 3.8) is 0 Å². The van der Waals surface area contributed by atoms with Crippen LogP contribution in [-0.4, -0.2) is 28.9 Å². The molecule has 2 N–H and O–H groups in total. The summed E-state index contributed by atoms with van der Waals surface area (Å²) in [5.41, 5.74) is 0. The number of nitrogens with one attached hydrogen (secondary N) is 2. The number of carbonyl (C=O) groups excluding carboxylic acids is 1. The quantitative estimate of drug-likeness (QED) is 0.697. The molecule has 0 saturated carbocycles. The first-order chi connectivity index (χ1) is 5.72. The largest absolute Gasteiger partial charge is 0.311 e. The van der Waals surface area contributed by atoms with Crippen molar-refractivity contribution >= 4 is 22.6 Å². The van der Waals surface area contributed by atoms with Crippen molar-refractivity contribution in [1.29, 1.82) is 0 Å². The standard InChI is InChI=1S/C6H10N4OS/c1-4-8-6(12-10-4)9-5(11)3-7-2/h7H,3H2,1-2H3,(H,8,9,10,11). The van der Waals surface area contributed by atoms with E-state index >= 15 is 0 Å². The SMILES string of the molecule is CNCC(=O)Nc1nc(C)ns1. The molecule has 0 fully saturated rings. The van der Waals surface area contributed by atoms with Crippen molar-refractivity contribution in [2.75, 3.05) is 18.9 Å². The number of likely N-dealkylation sites (N-methyl/N-ethyl adjacent to an activating group) is 1. The number of hydrogen-bond donors (Lipinski definition) is 2. The molecule has 1 amide bonds. The fourth-order valence-electron chi connectivity index (χ4n) is 0.672. The van der Waals surface area contributed by atoms with E-state index in [1.165, 1.54) is 11.5 Å². The fourth-order valence-corrected chi connectivity index (χ4v) is 1.26. The molecule has 0 unspecified atom stereocenters. The minimum atomic E-state index is -0.103. The Balaban J connectivity index is 2.46. The summed E-state index contributed by atoms with van der Waals surface area (Å²) in [5, 5.41) is 5.89. The lowest BCUT2D eigenvalue weighted by Crippen LogP contribution is -2.24. The molecule has 66 valence electrons. The Kier molecular flexibility index (Phi) is 3.12. The zero-order valence-electron chi connectivity index (χ0n) is 6.92. The number of hydrogen-bond acceptors (Lipinski definition) is 5. The highest BCUT2D eigenvalue weighted by Crippen LogP contribution is 2.08. The van der Waals surface area contributed by atoms with E-state index in [1.54, 1.807) is 14.0 Å². The number of aryl methyl sites for hydroxylation is 1. The minimum Gasteiger partial charge on any atom is -0.311 e. The third-order valence-corrected chi connectivity index (χ3v) is 1.83. The molecule has 0 radical (unpaired) electrons. The van der Waals surface area contributed by atoms with Crippen molar-refractivity contribution < 1.29 is 4.79 Å². The van der Waals surface area contributed by atoms with Crippen LogP contribution in [0.25, 0.3) is 0 Å². The maximum atomic E-state index is 11.0. The van der Waals surface area contributed by atoms with Crippen LogP contribution in [0.15, 0.2) is 0 Å². The van der Waals surface area contributed by atoms with E-state index in [4.69, 9.17) is 0 Å². The van der Waals surface area contributed by atoms with Crippen LogP contribution >= 0.6 is 11.5 Å². The van der Waals surface area contributed by atoms with Gasteiger partial charge in [-0.3, -0.25) is 10.1 Å². The highest BCUT2D eigenvalue weighted by molar-refractivity contribution is 7.09. The summed E-state index contributed by atoms with van der Waals surface area (Å²) in [6.45, 7) is 2.07.